The van der Waals surface area contributed by atoms with Gasteiger partial charge in [-0.05, 0) is 51.4 Å². The molecule has 0 aromatic rings. The van der Waals surface area contributed by atoms with Crippen LogP contribution in [0, 0.1) is 0 Å². The molecule has 6 nitrogen and oxygen atoms in total. The highest BCUT2D eigenvalue weighted by Crippen LogP contribution is 2.16. The molecule has 0 bridgehead atoms. The van der Waals surface area contributed by atoms with E-state index in [9.17, 15) is 14.4 Å². The molecule has 0 aliphatic heterocycles. The first-order valence-corrected chi connectivity index (χ1v) is 27.5. The Hall–Kier alpha value is -2.37. The van der Waals surface area contributed by atoms with Crippen LogP contribution in [0.2, 0.25) is 0 Å². The molecule has 0 aliphatic rings. The molecule has 0 heterocycles. The molecule has 0 radical (unpaired) electrons. The number of rotatable bonds is 50. The Bertz CT molecular complexity index is 1060. The van der Waals surface area contributed by atoms with E-state index >= 15 is 0 Å². The number of carbonyl (C=O) groups is 3. The van der Waals surface area contributed by atoms with E-state index in [1.807, 2.05) is 0 Å². The van der Waals surface area contributed by atoms with Gasteiger partial charge >= 0.3 is 17.9 Å². The van der Waals surface area contributed by atoms with Gasteiger partial charge in [-0.1, -0.05) is 256 Å². The molecule has 0 fully saturated rings. The summed E-state index contributed by atoms with van der Waals surface area (Å²) in [7, 11) is 0. The molecule has 0 unspecified atom stereocenters. The molecule has 0 aromatic heterocycles. The molecular formula is C57H104O6. The maximum Gasteiger partial charge on any atom is 0.306 e. The quantitative estimate of drug-likeness (QED) is 0.0262. The maximum atomic E-state index is 12.8. The van der Waals surface area contributed by atoms with Gasteiger partial charge in [-0.3, -0.25) is 14.4 Å². The molecule has 368 valence electrons. The van der Waals surface area contributed by atoms with E-state index in [0.29, 0.717) is 19.3 Å². The molecule has 0 aliphatic carbocycles. The standard InChI is InChI=1S/C57H104O6/c1-4-7-10-13-16-19-22-25-27-28-30-32-35-38-41-44-47-50-56(59)62-53-54(52-61-55(58)49-46-43-40-37-34-31-24-21-18-15-12-9-6-3)63-57(60)51-48-45-42-39-36-33-29-26-23-20-17-14-11-8-5-2/h8,11,17,20,26,29,54H,4-7,9-10,12-16,18-19,21-25,27-28,30-53H2,1-3H3/b11-8-,20-17-,29-26-/t54-/m1/s1. The van der Waals surface area contributed by atoms with Crippen LogP contribution in [0.3, 0.4) is 0 Å². The Morgan fingerprint density at radius 2 is 0.619 bits per heavy atom. The van der Waals surface area contributed by atoms with Crippen LogP contribution >= 0.6 is 0 Å². The highest BCUT2D eigenvalue weighted by Gasteiger charge is 2.19. The van der Waals surface area contributed by atoms with Gasteiger partial charge in [0.2, 0.25) is 0 Å². The lowest BCUT2D eigenvalue weighted by Crippen LogP contribution is -2.30. The lowest BCUT2D eigenvalue weighted by atomic mass is 10.0. The summed E-state index contributed by atoms with van der Waals surface area (Å²) >= 11 is 0. The molecular weight excluding hydrogens is 781 g/mol. The summed E-state index contributed by atoms with van der Waals surface area (Å²) in [5, 5.41) is 0. The van der Waals surface area contributed by atoms with Crippen LogP contribution in [0.25, 0.3) is 0 Å². The van der Waals surface area contributed by atoms with E-state index in [1.54, 1.807) is 0 Å². The van der Waals surface area contributed by atoms with Gasteiger partial charge in [-0.25, -0.2) is 0 Å². The summed E-state index contributed by atoms with van der Waals surface area (Å²) in [4.78, 5) is 38.0. The van der Waals surface area contributed by atoms with Gasteiger partial charge in [-0.15, -0.1) is 0 Å². The van der Waals surface area contributed by atoms with Crippen molar-refractivity contribution >= 4 is 17.9 Å². The van der Waals surface area contributed by atoms with Gasteiger partial charge < -0.3 is 14.2 Å². The Morgan fingerprint density at radius 1 is 0.333 bits per heavy atom. The Morgan fingerprint density at radius 3 is 0.968 bits per heavy atom. The summed E-state index contributed by atoms with van der Waals surface area (Å²) in [6.07, 6.45) is 61.3. The summed E-state index contributed by atoms with van der Waals surface area (Å²) < 4.78 is 16.8. The smallest absolute Gasteiger partial charge is 0.306 e. The average Bonchev–Trinajstić information content (AvgIpc) is 3.28. The van der Waals surface area contributed by atoms with Gasteiger partial charge in [-0.2, -0.15) is 0 Å². The van der Waals surface area contributed by atoms with Crippen molar-refractivity contribution in [2.75, 3.05) is 13.2 Å². The summed E-state index contributed by atoms with van der Waals surface area (Å²) in [6, 6.07) is 0. The molecule has 0 amide bonds. The predicted molar refractivity (Wildman–Crippen MR) is 270 cm³/mol. The second-order valence-corrected chi connectivity index (χ2v) is 18.5. The van der Waals surface area contributed by atoms with E-state index in [-0.39, 0.29) is 31.1 Å². The zero-order valence-electron chi connectivity index (χ0n) is 42.1. The van der Waals surface area contributed by atoms with Gasteiger partial charge in [0.1, 0.15) is 13.2 Å². The molecule has 0 saturated heterocycles. The number of carbonyl (C=O) groups excluding carboxylic acids is 3. The van der Waals surface area contributed by atoms with E-state index in [4.69, 9.17) is 14.2 Å². The van der Waals surface area contributed by atoms with Crippen molar-refractivity contribution in [3.63, 3.8) is 0 Å². The molecule has 0 aromatic carbocycles. The van der Waals surface area contributed by atoms with Crippen molar-refractivity contribution in [3.8, 4) is 0 Å². The molecule has 1 atom stereocenters. The summed E-state index contributed by atoms with van der Waals surface area (Å²) in [5.74, 6) is -0.875. The SMILES string of the molecule is CC/C=C\C/C=C\C/C=C\CCCCCCCC(=O)O[C@H](COC(=O)CCCCCCCCCCCCCCC)COC(=O)CCCCCCCCCCCCCCCCCCC. The van der Waals surface area contributed by atoms with Crippen LogP contribution in [0.4, 0.5) is 0 Å². The monoisotopic (exact) mass is 885 g/mol. The minimum absolute atomic E-state index is 0.0746. The molecule has 63 heavy (non-hydrogen) atoms. The van der Waals surface area contributed by atoms with Gasteiger partial charge in [0.25, 0.3) is 0 Å². The number of esters is 3. The van der Waals surface area contributed by atoms with Crippen molar-refractivity contribution in [1.29, 1.82) is 0 Å². The normalized spacial score (nSPS) is 12.2. The molecule has 0 rings (SSSR count). The van der Waals surface area contributed by atoms with E-state index < -0.39 is 6.10 Å². The first-order chi connectivity index (χ1) is 31.0. The highest BCUT2D eigenvalue weighted by atomic mass is 16.6. The number of ether oxygens (including phenoxy) is 3. The third kappa shape index (κ3) is 50.5. The van der Waals surface area contributed by atoms with Crippen molar-refractivity contribution in [2.24, 2.45) is 0 Å². The van der Waals surface area contributed by atoms with Crippen LogP contribution in [0.15, 0.2) is 36.5 Å². The van der Waals surface area contributed by atoms with Crippen molar-refractivity contribution in [3.05, 3.63) is 36.5 Å². The third-order valence-corrected chi connectivity index (χ3v) is 12.2. The zero-order chi connectivity index (χ0) is 45.8. The van der Waals surface area contributed by atoms with Gasteiger partial charge in [0.05, 0.1) is 0 Å². The Kier molecular flexibility index (Phi) is 50.3. The van der Waals surface area contributed by atoms with Crippen molar-refractivity contribution in [1.82, 2.24) is 0 Å². The van der Waals surface area contributed by atoms with E-state index in [0.717, 1.165) is 96.3 Å². The minimum Gasteiger partial charge on any atom is -0.462 e. The Labute approximate surface area is 391 Å². The van der Waals surface area contributed by atoms with Gasteiger partial charge in [0.15, 0.2) is 6.10 Å². The summed E-state index contributed by atoms with van der Waals surface area (Å²) in [5.41, 5.74) is 0. The zero-order valence-corrected chi connectivity index (χ0v) is 42.1. The van der Waals surface area contributed by atoms with Crippen LogP contribution in [-0.4, -0.2) is 37.2 Å². The lowest BCUT2D eigenvalue weighted by Gasteiger charge is -2.18. The number of unbranched alkanes of at least 4 members (excludes halogenated alkanes) is 33. The second kappa shape index (κ2) is 52.3. The molecule has 0 spiro atoms. The van der Waals surface area contributed by atoms with Gasteiger partial charge in [0, 0.05) is 19.3 Å². The second-order valence-electron chi connectivity index (χ2n) is 18.5. The van der Waals surface area contributed by atoms with Crippen molar-refractivity contribution in [2.45, 2.75) is 297 Å². The highest BCUT2D eigenvalue weighted by molar-refractivity contribution is 5.71. The predicted octanol–water partition coefficient (Wildman–Crippen LogP) is 18.1. The lowest BCUT2D eigenvalue weighted by molar-refractivity contribution is -0.167. The van der Waals surface area contributed by atoms with Crippen molar-refractivity contribution < 1.29 is 28.6 Å². The van der Waals surface area contributed by atoms with Crippen LogP contribution < -0.4 is 0 Å². The fourth-order valence-electron chi connectivity index (χ4n) is 8.05. The van der Waals surface area contributed by atoms with Crippen LogP contribution in [0.5, 0.6) is 0 Å². The number of hydrogen-bond acceptors (Lipinski definition) is 6. The van der Waals surface area contributed by atoms with E-state index in [1.165, 1.54) is 154 Å². The molecule has 0 N–H and O–H groups in total. The fourth-order valence-corrected chi connectivity index (χ4v) is 8.05. The number of hydrogen-bond donors (Lipinski definition) is 0. The largest absolute Gasteiger partial charge is 0.462 e. The first kappa shape index (κ1) is 60.6. The third-order valence-electron chi connectivity index (χ3n) is 12.2. The van der Waals surface area contributed by atoms with Crippen LogP contribution in [0.1, 0.15) is 290 Å². The topological polar surface area (TPSA) is 78.9 Å². The van der Waals surface area contributed by atoms with E-state index in [2.05, 4.69) is 57.2 Å². The fraction of sp³-hybridized carbons (Fsp3) is 0.842. The van der Waals surface area contributed by atoms with Crippen LogP contribution in [-0.2, 0) is 28.6 Å². The minimum atomic E-state index is -0.776. The molecule has 6 heteroatoms. The Balaban J connectivity index is 4.35. The molecule has 0 saturated carbocycles. The summed E-state index contributed by atoms with van der Waals surface area (Å²) in [6.45, 7) is 6.55. The first-order valence-electron chi connectivity index (χ1n) is 27.5. The maximum absolute atomic E-state index is 12.8. The number of allylic oxidation sites excluding steroid dienone is 6. The average molecular weight is 885 g/mol.